The maximum Gasteiger partial charge on any atom is 0.238 e. The Balaban J connectivity index is 2.86. The van der Waals surface area contributed by atoms with Crippen LogP contribution in [-0.2, 0) is 22.6 Å². The van der Waals surface area contributed by atoms with Crippen LogP contribution in [-0.4, -0.2) is 29.8 Å². The van der Waals surface area contributed by atoms with Crippen molar-refractivity contribution in [3.8, 4) is 0 Å². The molecule has 1 aromatic carbocycles. The molecular weight excluding hydrogens is 268 g/mol. The number of rotatable bonds is 8. The first-order valence-corrected chi connectivity index (χ1v) is 6.99. The zero-order valence-electron chi connectivity index (χ0n) is 12.6. The largest absolute Gasteiger partial charge is 0.369 e. The van der Waals surface area contributed by atoms with Crippen LogP contribution < -0.4 is 17.0 Å². The molecule has 0 unspecified atom stereocenters. The van der Waals surface area contributed by atoms with Crippen LogP contribution in [0.5, 0.6) is 0 Å². The van der Waals surface area contributed by atoms with Gasteiger partial charge in [-0.25, -0.2) is 5.84 Å². The minimum absolute atomic E-state index is 0.204. The molecule has 0 bridgehead atoms. The third-order valence-corrected chi connectivity index (χ3v) is 3.03. The van der Waals surface area contributed by atoms with E-state index in [1.807, 2.05) is 29.2 Å². The number of amides is 2. The second kappa shape index (κ2) is 8.39. The van der Waals surface area contributed by atoms with Gasteiger partial charge in [0, 0.05) is 13.1 Å². The zero-order chi connectivity index (χ0) is 15.8. The van der Waals surface area contributed by atoms with Crippen molar-refractivity contribution in [2.75, 3.05) is 13.1 Å². The number of carbonyl (C=O) groups excluding carboxylic acids is 2. The van der Waals surface area contributed by atoms with E-state index in [1.165, 1.54) is 0 Å². The summed E-state index contributed by atoms with van der Waals surface area (Å²) in [6.07, 6.45) is 0.221. The minimum atomic E-state index is -0.354. The highest BCUT2D eigenvalue weighted by Crippen LogP contribution is 2.13. The van der Waals surface area contributed by atoms with Crippen molar-refractivity contribution in [2.24, 2.45) is 17.5 Å². The summed E-state index contributed by atoms with van der Waals surface area (Å²) < 4.78 is 0. The molecule has 116 valence electrons. The maximum atomic E-state index is 11.5. The number of hydrazine groups is 1. The molecule has 0 atom stereocenters. The van der Waals surface area contributed by atoms with Gasteiger partial charge in [-0.15, -0.1) is 0 Å². The number of nitrogens with two attached hydrogens (primary N) is 2. The molecule has 5 N–H and O–H groups in total. The summed E-state index contributed by atoms with van der Waals surface area (Å²) in [7, 11) is 0. The predicted octanol–water partition coefficient (Wildman–Crippen LogP) is 0.162. The van der Waals surface area contributed by atoms with Gasteiger partial charge in [0.15, 0.2) is 0 Å². The van der Waals surface area contributed by atoms with Crippen LogP contribution in [0.4, 0.5) is 0 Å². The maximum absolute atomic E-state index is 11.5. The second-order valence-electron chi connectivity index (χ2n) is 5.54. The summed E-state index contributed by atoms with van der Waals surface area (Å²) in [6, 6.07) is 7.64. The molecular formula is C15H24N4O2. The van der Waals surface area contributed by atoms with Crippen molar-refractivity contribution < 1.29 is 9.59 Å². The topological polar surface area (TPSA) is 101 Å². The van der Waals surface area contributed by atoms with Crippen LogP contribution in [0.25, 0.3) is 0 Å². The Morgan fingerprint density at radius 1 is 1.24 bits per heavy atom. The second-order valence-corrected chi connectivity index (χ2v) is 5.54. The Hall–Kier alpha value is -1.92. The van der Waals surface area contributed by atoms with E-state index in [0.717, 1.165) is 17.7 Å². The van der Waals surface area contributed by atoms with Crippen molar-refractivity contribution in [1.82, 2.24) is 10.3 Å². The molecule has 0 aliphatic carbocycles. The zero-order valence-corrected chi connectivity index (χ0v) is 12.6. The highest BCUT2D eigenvalue weighted by Gasteiger charge is 2.14. The van der Waals surface area contributed by atoms with Gasteiger partial charge in [-0.3, -0.25) is 19.9 Å². The highest BCUT2D eigenvalue weighted by molar-refractivity contribution is 5.78. The van der Waals surface area contributed by atoms with Gasteiger partial charge in [-0.05, 0) is 17.0 Å². The summed E-state index contributed by atoms with van der Waals surface area (Å²) in [5, 5.41) is 0. The van der Waals surface area contributed by atoms with Gasteiger partial charge < -0.3 is 5.73 Å². The lowest BCUT2D eigenvalue weighted by Crippen LogP contribution is -2.36. The van der Waals surface area contributed by atoms with Crippen LogP contribution in [0.15, 0.2) is 24.3 Å². The van der Waals surface area contributed by atoms with Crippen molar-refractivity contribution in [2.45, 2.75) is 26.8 Å². The van der Waals surface area contributed by atoms with Gasteiger partial charge in [0.25, 0.3) is 0 Å². The fourth-order valence-corrected chi connectivity index (χ4v) is 2.27. The van der Waals surface area contributed by atoms with Gasteiger partial charge in [-0.2, -0.15) is 0 Å². The first-order chi connectivity index (χ1) is 9.92. The van der Waals surface area contributed by atoms with Gasteiger partial charge in [0.1, 0.15) is 0 Å². The number of nitrogens with one attached hydrogen (secondary N) is 1. The number of hydrogen-bond acceptors (Lipinski definition) is 4. The number of carbonyl (C=O) groups is 2. The molecule has 6 nitrogen and oxygen atoms in total. The fourth-order valence-electron chi connectivity index (χ4n) is 2.27. The van der Waals surface area contributed by atoms with E-state index < -0.39 is 0 Å². The number of primary amides is 1. The summed E-state index contributed by atoms with van der Waals surface area (Å²) >= 11 is 0. The SMILES string of the molecule is CC(C)CN(CC(N)=O)Cc1ccccc1CC(=O)NN. The number of benzene rings is 1. The van der Waals surface area contributed by atoms with Gasteiger partial charge >= 0.3 is 0 Å². The van der Waals surface area contributed by atoms with Crippen LogP contribution in [0, 0.1) is 5.92 Å². The van der Waals surface area contributed by atoms with Crippen LogP contribution in [0.1, 0.15) is 25.0 Å². The smallest absolute Gasteiger partial charge is 0.238 e. The summed E-state index contributed by atoms with van der Waals surface area (Å²) in [5.74, 6) is 4.96. The molecule has 0 heterocycles. The predicted molar refractivity (Wildman–Crippen MR) is 81.8 cm³/mol. The van der Waals surface area contributed by atoms with Gasteiger partial charge in [0.05, 0.1) is 13.0 Å². The molecule has 0 fully saturated rings. The molecule has 0 spiro atoms. The number of nitrogens with zero attached hydrogens (tertiary/aromatic N) is 1. The van der Waals surface area contributed by atoms with Crippen molar-refractivity contribution in [3.63, 3.8) is 0 Å². The monoisotopic (exact) mass is 292 g/mol. The Morgan fingerprint density at radius 3 is 2.38 bits per heavy atom. The summed E-state index contributed by atoms with van der Waals surface area (Å²) in [6.45, 7) is 5.72. The standard InChI is InChI=1S/C15H24N4O2/c1-11(2)8-19(10-14(16)20)9-13-6-4-3-5-12(13)7-15(21)18-17/h3-6,11H,7-10,17H2,1-2H3,(H2,16,20)(H,18,21). The molecule has 21 heavy (non-hydrogen) atoms. The van der Waals surface area contributed by atoms with Crippen molar-refractivity contribution in [3.05, 3.63) is 35.4 Å². The average Bonchev–Trinajstić information content (AvgIpc) is 2.39. The molecule has 2 amide bonds. The Morgan fingerprint density at radius 2 is 1.86 bits per heavy atom. The number of hydrogen-bond donors (Lipinski definition) is 3. The lowest BCUT2D eigenvalue weighted by Gasteiger charge is -2.24. The summed E-state index contributed by atoms with van der Waals surface area (Å²) in [5.41, 5.74) is 9.34. The van der Waals surface area contributed by atoms with E-state index >= 15 is 0 Å². The first-order valence-electron chi connectivity index (χ1n) is 6.99. The molecule has 0 radical (unpaired) electrons. The van der Waals surface area contributed by atoms with E-state index in [0.29, 0.717) is 12.5 Å². The lowest BCUT2D eigenvalue weighted by atomic mass is 10.0. The highest BCUT2D eigenvalue weighted by atomic mass is 16.2. The van der Waals surface area contributed by atoms with Crippen molar-refractivity contribution in [1.29, 1.82) is 0 Å². The molecule has 0 saturated heterocycles. The van der Waals surface area contributed by atoms with E-state index in [9.17, 15) is 9.59 Å². The van der Waals surface area contributed by atoms with E-state index in [4.69, 9.17) is 11.6 Å². The van der Waals surface area contributed by atoms with Crippen LogP contribution in [0.3, 0.4) is 0 Å². The van der Waals surface area contributed by atoms with Gasteiger partial charge in [0.2, 0.25) is 11.8 Å². The van der Waals surface area contributed by atoms with Crippen LogP contribution >= 0.6 is 0 Å². The third-order valence-electron chi connectivity index (χ3n) is 3.03. The lowest BCUT2D eigenvalue weighted by molar-refractivity contribution is -0.121. The molecule has 6 heteroatoms. The molecule has 1 rings (SSSR count). The first kappa shape index (κ1) is 17.1. The molecule has 0 saturated carbocycles. The molecule has 0 aliphatic rings. The summed E-state index contributed by atoms with van der Waals surface area (Å²) in [4.78, 5) is 24.6. The van der Waals surface area contributed by atoms with Gasteiger partial charge in [-0.1, -0.05) is 38.1 Å². The average molecular weight is 292 g/mol. The van der Waals surface area contributed by atoms with Crippen LogP contribution in [0.2, 0.25) is 0 Å². The Kier molecular flexibility index (Phi) is 6.84. The molecule has 1 aromatic rings. The Labute approximate surface area is 125 Å². The Bertz CT molecular complexity index is 488. The molecule has 0 aromatic heterocycles. The minimum Gasteiger partial charge on any atom is -0.369 e. The van der Waals surface area contributed by atoms with Crippen molar-refractivity contribution >= 4 is 11.8 Å². The third kappa shape index (κ3) is 6.37. The molecule has 0 aliphatic heterocycles. The fraction of sp³-hybridized carbons (Fsp3) is 0.467. The van der Waals surface area contributed by atoms with E-state index in [-0.39, 0.29) is 24.8 Å². The van der Waals surface area contributed by atoms with E-state index in [1.54, 1.807) is 0 Å². The quantitative estimate of drug-likeness (QED) is 0.361. The normalized spacial score (nSPS) is 10.9. The van der Waals surface area contributed by atoms with E-state index in [2.05, 4.69) is 19.3 Å².